The third-order valence-corrected chi connectivity index (χ3v) is 4.26. The molecule has 0 bridgehead atoms. The Morgan fingerprint density at radius 1 is 1.38 bits per heavy atom. The van der Waals surface area contributed by atoms with Crippen LogP contribution >= 0.6 is 0 Å². The summed E-state index contributed by atoms with van der Waals surface area (Å²) >= 11 is 0. The van der Waals surface area contributed by atoms with E-state index in [1.54, 1.807) is 31.1 Å². The maximum absolute atomic E-state index is 12.1. The van der Waals surface area contributed by atoms with Crippen molar-refractivity contribution in [2.75, 3.05) is 25.5 Å². The maximum atomic E-state index is 12.1. The van der Waals surface area contributed by atoms with Crippen LogP contribution < -0.4 is 15.4 Å². The van der Waals surface area contributed by atoms with Gasteiger partial charge in [0.2, 0.25) is 10.0 Å². The molecule has 0 saturated heterocycles. The Morgan fingerprint density at radius 2 is 2.00 bits per heavy atom. The van der Waals surface area contributed by atoms with E-state index in [1.165, 1.54) is 6.07 Å². The van der Waals surface area contributed by atoms with Crippen molar-refractivity contribution in [3.8, 4) is 0 Å². The van der Waals surface area contributed by atoms with E-state index in [4.69, 9.17) is 5.14 Å². The topological polar surface area (TPSA) is 92.5 Å². The summed E-state index contributed by atoms with van der Waals surface area (Å²) in [5, 5.41) is 8.01. The first-order chi connectivity index (χ1) is 9.66. The smallest absolute Gasteiger partial charge is 0.251 e. The first kappa shape index (κ1) is 17.5. The molecule has 0 spiro atoms. The number of nitrogens with zero attached hydrogens (tertiary/aromatic N) is 1. The van der Waals surface area contributed by atoms with Crippen LogP contribution in [0.2, 0.25) is 0 Å². The van der Waals surface area contributed by atoms with Crippen molar-refractivity contribution in [3.63, 3.8) is 0 Å². The predicted octanol–water partition coefficient (Wildman–Crippen LogP) is 1.18. The summed E-state index contributed by atoms with van der Waals surface area (Å²) in [4.78, 5) is 13.7. The Labute approximate surface area is 126 Å². The molecule has 7 heteroatoms. The number of sulfonamides is 1. The van der Waals surface area contributed by atoms with Crippen LogP contribution in [0.15, 0.2) is 23.1 Å². The molecular weight excluding hydrogens is 290 g/mol. The normalized spacial score (nSPS) is 12.8. The molecule has 0 aromatic heterocycles. The van der Waals surface area contributed by atoms with Crippen LogP contribution in [0.25, 0.3) is 0 Å². The van der Waals surface area contributed by atoms with Crippen LogP contribution in [0.3, 0.4) is 0 Å². The Hall–Kier alpha value is -1.60. The highest BCUT2D eigenvalue weighted by atomic mass is 32.2. The lowest BCUT2D eigenvalue weighted by molar-refractivity contribution is 0.0947. The summed E-state index contributed by atoms with van der Waals surface area (Å²) in [6.45, 7) is 4.63. The first-order valence-electron chi connectivity index (χ1n) is 6.79. The molecule has 0 heterocycles. The fourth-order valence-corrected chi connectivity index (χ4v) is 2.60. The molecule has 1 atom stereocenters. The highest BCUT2D eigenvalue weighted by Gasteiger charge is 2.18. The van der Waals surface area contributed by atoms with Gasteiger partial charge in [-0.25, -0.2) is 13.6 Å². The minimum Gasteiger partial charge on any atom is -0.377 e. The Bertz CT molecular complexity index is 612. The van der Waals surface area contributed by atoms with Crippen LogP contribution in [0.5, 0.6) is 0 Å². The van der Waals surface area contributed by atoms with Crippen molar-refractivity contribution in [3.05, 3.63) is 23.8 Å². The predicted molar refractivity (Wildman–Crippen MR) is 83.9 cm³/mol. The zero-order valence-corrected chi connectivity index (χ0v) is 13.7. The molecule has 1 rings (SSSR count). The standard InChI is InChI=1S/C14H23N3O3S/c1-5-10(2)9-16-14(18)11-6-7-12(17(3)4)13(8-11)21(15,19)20/h6-8,10H,5,9H2,1-4H3,(H,16,18)(H2,15,19,20). The summed E-state index contributed by atoms with van der Waals surface area (Å²) < 4.78 is 23.3. The minimum absolute atomic E-state index is 0.0521. The summed E-state index contributed by atoms with van der Waals surface area (Å²) in [6.07, 6.45) is 0.961. The van der Waals surface area contributed by atoms with Gasteiger partial charge >= 0.3 is 0 Å². The van der Waals surface area contributed by atoms with Gasteiger partial charge in [0.25, 0.3) is 5.91 Å². The number of carbonyl (C=O) groups is 1. The SMILES string of the molecule is CCC(C)CNC(=O)c1ccc(N(C)C)c(S(N)(=O)=O)c1. The lowest BCUT2D eigenvalue weighted by atomic mass is 10.1. The average Bonchev–Trinajstić information content (AvgIpc) is 2.42. The van der Waals surface area contributed by atoms with E-state index in [-0.39, 0.29) is 16.4 Å². The molecule has 6 nitrogen and oxygen atoms in total. The van der Waals surface area contributed by atoms with Crippen molar-refractivity contribution in [2.24, 2.45) is 11.1 Å². The van der Waals surface area contributed by atoms with Crippen LogP contribution in [0, 0.1) is 5.92 Å². The number of hydrogen-bond donors (Lipinski definition) is 2. The van der Waals surface area contributed by atoms with Gasteiger partial charge in [-0.2, -0.15) is 0 Å². The highest BCUT2D eigenvalue weighted by Crippen LogP contribution is 2.24. The number of nitrogens with one attached hydrogen (secondary N) is 1. The molecule has 0 aliphatic rings. The van der Waals surface area contributed by atoms with Gasteiger partial charge in [0.15, 0.2) is 0 Å². The second kappa shape index (κ2) is 6.91. The van der Waals surface area contributed by atoms with Crippen molar-refractivity contribution in [1.82, 2.24) is 5.32 Å². The molecular formula is C14H23N3O3S. The lowest BCUT2D eigenvalue weighted by Gasteiger charge is -2.17. The van der Waals surface area contributed by atoms with Gasteiger partial charge in [-0.05, 0) is 24.1 Å². The van der Waals surface area contributed by atoms with Gasteiger partial charge in [-0.1, -0.05) is 20.3 Å². The van der Waals surface area contributed by atoms with Gasteiger partial charge in [-0.15, -0.1) is 0 Å². The third kappa shape index (κ3) is 4.71. The van der Waals surface area contributed by atoms with Gasteiger partial charge < -0.3 is 10.2 Å². The van der Waals surface area contributed by atoms with Crippen LogP contribution in [0.1, 0.15) is 30.6 Å². The number of rotatable bonds is 6. The van der Waals surface area contributed by atoms with Crippen molar-refractivity contribution in [2.45, 2.75) is 25.2 Å². The summed E-state index contributed by atoms with van der Waals surface area (Å²) in [6, 6.07) is 4.49. The van der Waals surface area contributed by atoms with Gasteiger partial charge in [0, 0.05) is 26.2 Å². The molecule has 0 radical (unpaired) electrons. The molecule has 21 heavy (non-hydrogen) atoms. The van der Waals surface area contributed by atoms with E-state index in [1.807, 2.05) is 13.8 Å². The summed E-state index contributed by atoms with van der Waals surface area (Å²) in [5.41, 5.74) is 0.740. The van der Waals surface area contributed by atoms with Crippen molar-refractivity contribution >= 4 is 21.6 Å². The Morgan fingerprint density at radius 3 is 2.48 bits per heavy atom. The van der Waals surface area contributed by atoms with E-state index in [0.29, 0.717) is 18.2 Å². The molecule has 1 aromatic rings. The third-order valence-electron chi connectivity index (χ3n) is 3.32. The van der Waals surface area contributed by atoms with Crippen LogP contribution in [-0.4, -0.2) is 35.0 Å². The first-order valence-corrected chi connectivity index (χ1v) is 8.33. The molecule has 118 valence electrons. The molecule has 0 fully saturated rings. The van der Waals surface area contributed by atoms with E-state index in [2.05, 4.69) is 5.32 Å². The summed E-state index contributed by atoms with van der Waals surface area (Å²) in [7, 11) is -0.462. The molecule has 0 saturated carbocycles. The van der Waals surface area contributed by atoms with Crippen molar-refractivity contribution < 1.29 is 13.2 Å². The average molecular weight is 313 g/mol. The minimum atomic E-state index is -3.89. The second-order valence-corrected chi connectivity index (χ2v) is 6.88. The molecule has 1 amide bonds. The maximum Gasteiger partial charge on any atom is 0.251 e. The number of benzene rings is 1. The fourth-order valence-electron chi connectivity index (χ4n) is 1.77. The highest BCUT2D eigenvalue weighted by molar-refractivity contribution is 7.89. The summed E-state index contributed by atoms with van der Waals surface area (Å²) in [5.74, 6) is 0.0678. The number of anilines is 1. The second-order valence-electron chi connectivity index (χ2n) is 5.35. The molecule has 3 N–H and O–H groups in total. The monoisotopic (exact) mass is 313 g/mol. The zero-order chi connectivity index (χ0) is 16.2. The van der Waals surface area contributed by atoms with Crippen LogP contribution in [-0.2, 0) is 10.0 Å². The van der Waals surface area contributed by atoms with Gasteiger partial charge in [0.05, 0.1) is 5.69 Å². The molecule has 1 aromatic carbocycles. The van der Waals surface area contributed by atoms with Gasteiger partial charge in [0.1, 0.15) is 4.90 Å². The Balaban J connectivity index is 3.09. The largest absolute Gasteiger partial charge is 0.377 e. The van der Waals surface area contributed by atoms with Crippen LogP contribution in [0.4, 0.5) is 5.69 Å². The van der Waals surface area contributed by atoms with E-state index in [9.17, 15) is 13.2 Å². The van der Waals surface area contributed by atoms with E-state index < -0.39 is 10.0 Å². The number of carbonyl (C=O) groups excluding carboxylic acids is 1. The van der Waals surface area contributed by atoms with Gasteiger partial charge in [-0.3, -0.25) is 4.79 Å². The molecule has 1 unspecified atom stereocenters. The number of hydrogen-bond acceptors (Lipinski definition) is 4. The number of primary sulfonamides is 1. The Kier molecular flexibility index (Phi) is 5.74. The lowest BCUT2D eigenvalue weighted by Crippen LogP contribution is -2.28. The number of nitrogens with two attached hydrogens (primary N) is 1. The quantitative estimate of drug-likeness (QED) is 0.824. The zero-order valence-electron chi connectivity index (χ0n) is 12.9. The van der Waals surface area contributed by atoms with E-state index >= 15 is 0 Å². The van der Waals surface area contributed by atoms with E-state index in [0.717, 1.165) is 6.42 Å². The number of amides is 1. The molecule has 0 aliphatic carbocycles. The molecule has 0 aliphatic heterocycles. The fraction of sp³-hybridized carbons (Fsp3) is 0.500. The van der Waals surface area contributed by atoms with Crippen molar-refractivity contribution in [1.29, 1.82) is 0 Å².